The van der Waals surface area contributed by atoms with Crippen molar-refractivity contribution in [1.29, 1.82) is 0 Å². The molecule has 0 aromatic rings. The lowest BCUT2D eigenvalue weighted by atomic mass is 10.1. The number of hydrogen-bond donors (Lipinski definition) is 0. The SMILES string of the molecule is C=C1CCN(C(=O)OC)CC1. The third kappa shape index (κ3) is 1.97. The molecular formula is C8H13NO2. The first-order valence-corrected chi connectivity index (χ1v) is 3.73. The molecule has 0 aromatic carbocycles. The van der Waals surface area contributed by atoms with Crippen molar-refractivity contribution in [1.82, 2.24) is 4.90 Å². The largest absolute Gasteiger partial charge is 0.453 e. The number of ether oxygens (including phenoxy) is 1. The van der Waals surface area contributed by atoms with E-state index in [0.717, 1.165) is 25.9 Å². The van der Waals surface area contributed by atoms with Gasteiger partial charge in [-0.3, -0.25) is 0 Å². The lowest BCUT2D eigenvalue weighted by Crippen LogP contribution is -2.35. The van der Waals surface area contributed by atoms with E-state index in [2.05, 4.69) is 11.3 Å². The van der Waals surface area contributed by atoms with Gasteiger partial charge >= 0.3 is 6.09 Å². The molecular weight excluding hydrogens is 142 g/mol. The van der Waals surface area contributed by atoms with Crippen LogP contribution in [-0.4, -0.2) is 31.2 Å². The van der Waals surface area contributed by atoms with Crippen molar-refractivity contribution >= 4 is 6.09 Å². The second-order valence-electron chi connectivity index (χ2n) is 2.71. The van der Waals surface area contributed by atoms with Crippen molar-refractivity contribution in [3.05, 3.63) is 12.2 Å². The molecule has 3 nitrogen and oxygen atoms in total. The van der Waals surface area contributed by atoms with Crippen LogP contribution in [0.3, 0.4) is 0 Å². The number of rotatable bonds is 0. The van der Waals surface area contributed by atoms with E-state index >= 15 is 0 Å². The minimum absolute atomic E-state index is 0.225. The predicted octanol–water partition coefficient (Wildman–Crippen LogP) is 1.40. The Labute approximate surface area is 66.6 Å². The molecule has 0 radical (unpaired) electrons. The lowest BCUT2D eigenvalue weighted by Gasteiger charge is -2.26. The highest BCUT2D eigenvalue weighted by atomic mass is 16.5. The maximum Gasteiger partial charge on any atom is 0.409 e. The van der Waals surface area contributed by atoms with Gasteiger partial charge in [-0.05, 0) is 12.8 Å². The van der Waals surface area contributed by atoms with Crippen LogP contribution >= 0.6 is 0 Å². The van der Waals surface area contributed by atoms with E-state index in [9.17, 15) is 4.79 Å². The van der Waals surface area contributed by atoms with Crippen molar-refractivity contribution in [3.8, 4) is 0 Å². The van der Waals surface area contributed by atoms with Gasteiger partial charge in [0.25, 0.3) is 0 Å². The Morgan fingerprint density at radius 1 is 1.55 bits per heavy atom. The van der Waals surface area contributed by atoms with Gasteiger partial charge in [0, 0.05) is 13.1 Å². The molecule has 62 valence electrons. The minimum Gasteiger partial charge on any atom is -0.453 e. The van der Waals surface area contributed by atoms with Gasteiger partial charge in [-0.15, -0.1) is 0 Å². The maximum atomic E-state index is 10.9. The van der Waals surface area contributed by atoms with Crippen molar-refractivity contribution in [2.45, 2.75) is 12.8 Å². The van der Waals surface area contributed by atoms with Crippen LogP contribution in [0.5, 0.6) is 0 Å². The topological polar surface area (TPSA) is 29.5 Å². The zero-order chi connectivity index (χ0) is 8.27. The van der Waals surface area contributed by atoms with Crippen LogP contribution in [-0.2, 0) is 4.74 Å². The van der Waals surface area contributed by atoms with Gasteiger partial charge < -0.3 is 9.64 Å². The zero-order valence-corrected chi connectivity index (χ0v) is 6.80. The van der Waals surface area contributed by atoms with Gasteiger partial charge in [0.15, 0.2) is 0 Å². The van der Waals surface area contributed by atoms with E-state index in [1.807, 2.05) is 0 Å². The minimum atomic E-state index is -0.225. The van der Waals surface area contributed by atoms with E-state index in [0.29, 0.717) is 0 Å². The van der Waals surface area contributed by atoms with Crippen molar-refractivity contribution < 1.29 is 9.53 Å². The summed E-state index contributed by atoms with van der Waals surface area (Å²) in [5, 5.41) is 0. The molecule has 3 heteroatoms. The quantitative estimate of drug-likeness (QED) is 0.495. The molecule has 1 aliphatic heterocycles. The zero-order valence-electron chi connectivity index (χ0n) is 6.80. The molecule has 0 N–H and O–H groups in total. The lowest BCUT2D eigenvalue weighted by molar-refractivity contribution is 0.120. The molecule has 1 heterocycles. The number of nitrogens with zero attached hydrogens (tertiary/aromatic N) is 1. The second-order valence-corrected chi connectivity index (χ2v) is 2.71. The fourth-order valence-electron chi connectivity index (χ4n) is 1.13. The van der Waals surface area contributed by atoms with E-state index in [1.165, 1.54) is 12.7 Å². The van der Waals surface area contributed by atoms with Crippen LogP contribution < -0.4 is 0 Å². The highest BCUT2D eigenvalue weighted by Gasteiger charge is 2.17. The van der Waals surface area contributed by atoms with Gasteiger partial charge in [0.2, 0.25) is 0 Å². The summed E-state index contributed by atoms with van der Waals surface area (Å²) >= 11 is 0. The standard InChI is InChI=1S/C8H13NO2/c1-7-3-5-9(6-4-7)8(10)11-2/h1,3-6H2,2H3. The van der Waals surface area contributed by atoms with Crippen molar-refractivity contribution in [2.24, 2.45) is 0 Å². The number of methoxy groups -OCH3 is 1. The van der Waals surface area contributed by atoms with Crippen LogP contribution in [0.15, 0.2) is 12.2 Å². The molecule has 0 atom stereocenters. The molecule has 0 bridgehead atoms. The molecule has 11 heavy (non-hydrogen) atoms. The average molecular weight is 155 g/mol. The summed E-state index contributed by atoms with van der Waals surface area (Å²) in [6.07, 6.45) is 1.60. The molecule has 1 rings (SSSR count). The highest BCUT2D eigenvalue weighted by molar-refractivity contribution is 5.67. The number of carbonyl (C=O) groups excluding carboxylic acids is 1. The number of carbonyl (C=O) groups is 1. The van der Waals surface area contributed by atoms with E-state index in [-0.39, 0.29) is 6.09 Å². The van der Waals surface area contributed by atoms with Crippen molar-refractivity contribution in [2.75, 3.05) is 20.2 Å². The number of likely N-dealkylation sites (tertiary alicyclic amines) is 1. The number of piperidine rings is 1. The van der Waals surface area contributed by atoms with Gasteiger partial charge in [0.05, 0.1) is 7.11 Å². The molecule has 0 saturated carbocycles. The Kier molecular flexibility index (Phi) is 2.52. The number of hydrogen-bond acceptors (Lipinski definition) is 2. The molecule has 1 amide bonds. The van der Waals surface area contributed by atoms with Crippen LogP contribution in [0.2, 0.25) is 0 Å². The van der Waals surface area contributed by atoms with Gasteiger partial charge in [-0.2, -0.15) is 0 Å². The first kappa shape index (κ1) is 8.11. The van der Waals surface area contributed by atoms with Gasteiger partial charge in [-0.1, -0.05) is 12.2 Å². The number of amides is 1. The average Bonchev–Trinajstić information content (AvgIpc) is 2.05. The van der Waals surface area contributed by atoms with E-state index < -0.39 is 0 Å². The normalized spacial score (nSPS) is 18.3. The van der Waals surface area contributed by atoms with Crippen LogP contribution in [0, 0.1) is 0 Å². The fourth-order valence-corrected chi connectivity index (χ4v) is 1.13. The molecule has 1 saturated heterocycles. The van der Waals surface area contributed by atoms with Gasteiger partial charge in [-0.25, -0.2) is 4.79 Å². The Hall–Kier alpha value is -0.990. The van der Waals surface area contributed by atoms with Crippen molar-refractivity contribution in [3.63, 3.8) is 0 Å². The monoisotopic (exact) mass is 155 g/mol. The van der Waals surface area contributed by atoms with Crippen LogP contribution in [0.1, 0.15) is 12.8 Å². The van der Waals surface area contributed by atoms with Crippen LogP contribution in [0.25, 0.3) is 0 Å². The third-order valence-electron chi connectivity index (χ3n) is 1.90. The fraction of sp³-hybridized carbons (Fsp3) is 0.625. The molecule has 0 aliphatic carbocycles. The smallest absolute Gasteiger partial charge is 0.409 e. The molecule has 0 spiro atoms. The Morgan fingerprint density at radius 2 is 2.09 bits per heavy atom. The summed E-state index contributed by atoms with van der Waals surface area (Å²) in [4.78, 5) is 12.7. The summed E-state index contributed by atoms with van der Waals surface area (Å²) in [6.45, 7) is 5.37. The predicted molar refractivity (Wildman–Crippen MR) is 42.4 cm³/mol. The Bertz CT molecular complexity index is 167. The molecule has 1 aliphatic rings. The second kappa shape index (κ2) is 3.42. The van der Waals surface area contributed by atoms with E-state index in [1.54, 1.807) is 4.90 Å². The molecule has 0 aromatic heterocycles. The highest BCUT2D eigenvalue weighted by Crippen LogP contribution is 2.13. The Balaban J connectivity index is 2.39. The van der Waals surface area contributed by atoms with Gasteiger partial charge in [0.1, 0.15) is 0 Å². The summed E-state index contributed by atoms with van der Waals surface area (Å²) < 4.78 is 4.58. The summed E-state index contributed by atoms with van der Waals surface area (Å²) in [6, 6.07) is 0. The molecule has 0 unspecified atom stereocenters. The maximum absolute atomic E-state index is 10.9. The first-order chi connectivity index (χ1) is 5.24. The van der Waals surface area contributed by atoms with E-state index in [4.69, 9.17) is 0 Å². The first-order valence-electron chi connectivity index (χ1n) is 3.73. The van der Waals surface area contributed by atoms with Crippen LogP contribution in [0.4, 0.5) is 4.79 Å². The molecule has 1 fully saturated rings. The third-order valence-corrected chi connectivity index (χ3v) is 1.90. The summed E-state index contributed by atoms with van der Waals surface area (Å²) in [5.41, 5.74) is 1.23. The summed E-state index contributed by atoms with van der Waals surface area (Å²) in [5.74, 6) is 0. The summed E-state index contributed by atoms with van der Waals surface area (Å²) in [7, 11) is 1.41. The Morgan fingerprint density at radius 3 is 2.55 bits per heavy atom.